The molecule has 3 saturated carbocycles. The van der Waals surface area contributed by atoms with E-state index in [1.807, 2.05) is 4.90 Å². The van der Waals surface area contributed by atoms with E-state index >= 15 is 0 Å². The van der Waals surface area contributed by atoms with Gasteiger partial charge in [0.2, 0.25) is 11.8 Å². The fourth-order valence-corrected chi connectivity index (χ4v) is 8.23. The predicted molar refractivity (Wildman–Crippen MR) is 142 cm³/mol. The Labute approximate surface area is 225 Å². The molecule has 38 heavy (non-hydrogen) atoms. The maximum Gasteiger partial charge on any atom is 0.261 e. The molecule has 0 aromatic carbocycles. The van der Waals surface area contributed by atoms with Gasteiger partial charge in [0, 0.05) is 49.5 Å². The first-order chi connectivity index (χ1) is 18.1. The largest absolute Gasteiger partial charge is 0.387 e. The Morgan fingerprint density at radius 2 is 1.61 bits per heavy atom. The number of rotatable bonds is 7. The number of hydrogen-bond donors (Lipinski definition) is 4. The Morgan fingerprint density at radius 3 is 2.21 bits per heavy atom. The molecule has 4 unspecified atom stereocenters. The van der Waals surface area contributed by atoms with Crippen LogP contribution in [0.4, 0.5) is 8.78 Å². The Hall–Kier alpha value is -1.81. The van der Waals surface area contributed by atoms with Crippen LogP contribution in [0.1, 0.15) is 83.5 Å². The molecule has 2 heterocycles. The first-order valence-electron chi connectivity index (χ1n) is 14.9. The number of halogens is 2. The summed E-state index contributed by atoms with van der Waals surface area (Å²) in [4.78, 5) is 29.7. The smallest absolute Gasteiger partial charge is 0.261 e. The number of alkyl halides is 2. The normalized spacial score (nSPS) is 39.9. The van der Waals surface area contributed by atoms with Crippen molar-refractivity contribution in [2.24, 2.45) is 35.1 Å². The molecule has 214 valence electrons. The van der Waals surface area contributed by atoms with Gasteiger partial charge < -0.3 is 16.8 Å². The number of carbonyl (C=O) groups excluding carboxylic acids is 2. The minimum Gasteiger partial charge on any atom is -0.387 e. The molecule has 4 atom stereocenters. The number of nitrogens with zero attached hydrogens (tertiary/aromatic N) is 2. The van der Waals surface area contributed by atoms with Crippen LogP contribution < -0.4 is 16.8 Å². The van der Waals surface area contributed by atoms with E-state index in [0.717, 1.165) is 83.6 Å². The fraction of sp³-hybridized carbons (Fsp3) is 0.893. The fourth-order valence-electron chi connectivity index (χ4n) is 8.23. The molecular formula is C28H46F2N6O2. The van der Waals surface area contributed by atoms with Crippen LogP contribution in [0.15, 0.2) is 0 Å². The number of nitrogens with two attached hydrogens (primary N) is 2. The number of primary amides is 1. The first-order valence-corrected chi connectivity index (χ1v) is 14.9. The van der Waals surface area contributed by atoms with Gasteiger partial charge in [-0.25, -0.2) is 8.78 Å². The van der Waals surface area contributed by atoms with Gasteiger partial charge in [0.25, 0.3) is 5.92 Å². The van der Waals surface area contributed by atoms with E-state index < -0.39 is 5.92 Å². The molecule has 0 aromatic rings. The third-order valence-electron chi connectivity index (χ3n) is 10.5. The number of carbonyl (C=O) groups is 2. The zero-order valence-electron chi connectivity index (χ0n) is 22.6. The maximum absolute atomic E-state index is 13.7. The second-order valence-electron chi connectivity index (χ2n) is 13.0. The maximum atomic E-state index is 13.7. The Balaban J connectivity index is 1.20. The molecule has 5 rings (SSSR count). The molecule has 10 heteroatoms. The lowest BCUT2D eigenvalue weighted by Crippen LogP contribution is -2.52. The van der Waals surface area contributed by atoms with Gasteiger partial charge in [-0.05, 0) is 88.9 Å². The van der Waals surface area contributed by atoms with Gasteiger partial charge in [0.05, 0.1) is 18.4 Å². The van der Waals surface area contributed by atoms with Gasteiger partial charge in [0.15, 0.2) is 0 Å². The lowest BCUT2D eigenvalue weighted by Gasteiger charge is -2.40. The van der Waals surface area contributed by atoms with E-state index in [-0.39, 0.29) is 66.6 Å². The second-order valence-corrected chi connectivity index (χ2v) is 13.0. The van der Waals surface area contributed by atoms with E-state index in [0.29, 0.717) is 18.4 Å². The van der Waals surface area contributed by atoms with E-state index in [2.05, 4.69) is 10.2 Å². The molecule has 3 aliphatic carbocycles. The summed E-state index contributed by atoms with van der Waals surface area (Å²) in [5, 5.41) is 11.4. The van der Waals surface area contributed by atoms with Crippen molar-refractivity contribution in [3.63, 3.8) is 0 Å². The Bertz CT molecular complexity index is 887. The molecule has 5 aliphatic rings. The van der Waals surface area contributed by atoms with Crippen molar-refractivity contribution in [1.82, 2.24) is 15.1 Å². The summed E-state index contributed by atoms with van der Waals surface area (Å²) in [5.74, 6) is -1.48. The number of likely N-dealkylation sites (tertiary alicyclic amines) is 2. The lowest BCUT2D eigenvalue weighted by atomic mass is 9.77. The zero-order valence-corrected chi connectivity index (χ0v) is 22.6. The molecule has 0 radical (unpaired) electrons. The van der Waals surface area contributed by atoms with Crippen LogP contribution in [0.25, 0.3) is 0 Å². The topological polar surface area (TPSA) is 129 Å². The summed E-state index contributed by atoms with van der Waals surface area (Å²) >= 11 is 0. The molecule has 6 N–H and O–H groups in total. The highest BCUT2D eigenvalue weighted by Gasteiger charge is 2.48. The van der Waals surface area contributed by atoms with Gasteiger partial charge in [-0.3, -0.25) is 24.8 Å². The lowest BCUT2D eigenvalue weighted by molar-refractivity contribution is -0.127. The van der Waals surface area contributed by atoms with Crippen LogP contribution in [0.2, 0.25) is 0 Å². The van der Waals surface area contributed by atoms with Crippen LogP contribution in [-0.4, -0.2) is 77.2 Å². The van der Waals surface area contributed by atoms with Crippen molar-refractivity contribution in [2.45, 2.75) is 114 Å². The van der Waals surface area contributed by atoms with Crippen LogP contribution in [-0.2, 0) is 9.59 Å². The molecular weight excluding hydrogens is 490 g/mol. The molecule has 8 nitrogen and oxygen atoms in total. The number of amides is 2. The van der Waals surface area contributed by atoms with Crippen molar-refractivity contribution < 1.29 is 18.4 Å². The van der Waals surface area contributed by atoms with Gasteiger partial charge in [0.1, 0.15) is 0 Å². The van der Waals surface area contributed by atoms with Gasteiger partial charge in [-0.2, -0.15) is 0 Å². The number of nitrogens with one attached hydrogen (secondary N) is 2. The second kappa shape index (κ2) is 11.4. The van der Waals surface area contributed by atoms with E-state index in [1.54, 1.807) is 0 Å². The van der Waals surface area contributed by atoms with Crippen molar-refractivity contribution in [3.05, 3.63) is 0 Å². The van der Waals surface area contributed by atoms with Crippen molar-refractivity contribution in [1.29, 1.82) is 5.41 Å². The third kappa shape index (κ3) is 6.16. The molecule has 2 aliphatic heterocycles. The van der Waals surface area contributed by atoms with Crippen molar-refractivity contribution in [2.75, 3.05) is 19.6 Å². The average molecular weight is 537 g/mol. The summed E-state index contributed by atoms with van der Waals surface area (Å²) in [5.41, 5.74) is 11.5. The molecule has 2 saturated heterocycles. The van der Waals surface area contributed by atoms with Gasteiger partial charge >= 0.3 is 0 Å². The minimum absolute atomic E-state index is 0.0321. The zero-order chi connectivity index (χ0) is 27.0. The highest BCUT2D eigenvalue weighted by Crippen LogP contribution is 2.43. The molecule has 2 amide bonds. The Morgan fingerprint density at radius 1 is 0.921 bits per heavy atom. The van der Waals surface area contributed by atoms with Crippen molar-refractivity contribution >= 4 is 17.6 Å². The molecule has 5 fully saturated rings. The summed E-state index contributed by atoms with van der Waals surface area (Å²) < 4.78 is 27.4. The average Bonchev–Trinajstić information content (AvgIpc) is 3.44. The first kappa shape index (κ1) is 27.7. The van der Waals surface area contributed by atoms with Crippen LogP contribution >= 0.6 is 0 Å². The quantitative estimate of drug-likeness (QED) is 0.294. The van der Waals surface area contributed by atoms with E-state index in [9.17, 15) is 18.4 Å². The highest BCUT2D eigenvalue weighted by atomic mass is 19.3. The van der Waals surface area contributed by atoms with Crippen LogP contribution in [0.5, 0.6) is 0 Å². The molecule has 0 bridgehead atoms. The van der Waals surface area contributed by atoms with E-state index in [1.165, 1.54) is 0 Å². The predicted octanol–water partition coefficient (Wildman–Crippen LogP) is 2.84. The highest BCUT2D eigenvalue weighted by molar-refractivity contribution is 5.83. The van der Waals surface area contributed by atoms with Crippen LogP contribution in [0.3, 0.4) is 0 Å². The standard InChI is InChI=1S/C28H46F2N6O2/c29-28(30)11-12-35(16-28)22-9-7-21(8-10-22)34-27(38)24-13-19-5-6-20(25(31)32)14-23(19)36(24)15-17-1-3-18(4-2-17)26(33)37/h17-24H,1-16H2,(H3,31,32)(H2,33,37)(H,34,38). The van der Waals surface area contributed by atoms with Crippen LogP contribution in [0, 0.1) is 29.1 Å². The van der Waals surface area contributed by atoms with E-state index in [4.69, 9.17) is 16.9 Å². The SMILES string of the molecule is N=C(N)C1CCC2CC(C(=O)NC3CCC(N4CCC(F)(F)C4)CC3)N(CC3CCC(C(N)=O)CC3)C2C1. The number of amidine groups is 1. The monoisotopic (exact) mass is 536 g/mol. The van der Waals surface area contributed by atoms with Crippen molar-refractivity contribution in [3.8, 4) is 0 Å². The number of fused-ring (bicyclic) bond motifs is 1. The summed E-state index contributed by atoms with van der Waals surface area (Å²) in [6.07, 6.45) is 10.5. The summed E-state index contributed by atoms with van der Waals surface area (Å²) in [6, 6.07) is 0.373. The van der Waals surface area contributed by atoms with Gasteiger partial charge in [-0.1, -0.05) is 0 Å². The molecule has 0 aromatic heterocycles. The number of hydrogen-bond acceptors (Lipinski definition) is 5. The van der Waals surface area contributed by atoms with Gasteiger partial charge in [-0.15, -0.1) is 0 Å². The summed E-state index contributed by atoms with van der Waals surface area (Å²) in [7, 11) is 0. The Kier molecular flexibility index (Phi) is 8.29. The minimum atomic E-state index is -2.56. The molecule has 0 spiro atoms. The third-order valence-corrected chi connectivity index (χ3v) is 10.5. The summed E-state index contributed by atoms with van der Waals surface area (Å²) in [6.45, 7) is 1.18.